The second-order valence-corrected chi connectivity index (χ2v) is 6.56. The minimum Gasteiger partial charge on any atom is -0.466 e. The molecule has 174 valence electrons. The molecule has 0 N–H and O–H groups in total. The molecule has 0 aromatic heterocycles. The summed E-state index contributed by atoms with van der Waals surface area (Å²) in [5, 5.41) is 0. The van der Waals surface area contributed by atoms with Crippen molar-refractivity contribution in [2.75, 3.05) is 33.3 Å². The molecule has 11 nitrogen and oxygen atoms in total. The summed E-state index contributed by atoms with van der Waals surface area (Å²) in [6.45, 7) is 1.07. The summed E-state index contributed by atoms with van der Waals surface area (Å²) in [4.78, 5) is 77.8. The van der Waals surface area contributed by atoms with Crippen LogP contribution in [0.4, 0.5) is 5.69 Å². The highest BCUT2D eigenvalue weighted by molar-refractivity contribution is 6.30. The number of carbonyl (C=O) groups is 6. The molecule has 11 heteroatoms. The molecular formula is C22H21NO10. The molecule has 0 saturated carbocycles. The molecule has 0 spiro atoms. The van der Waals surface area contributed by atoms with Gasteiger partial charge in [0.2, 0.25) is 11.7 Å². The summed E-state index contributed by atoms with van der Waals surface area (Å²) in [7, 11) is 3.96. The zero-order chi connectivity index (χ0) is 24.9. The van der Waals surface area contributed by atoms with Gasteiger partial charge in [-0.05, 0) is 12.1 Å². The average molecular weight is 459 g/mol. The fourth-order valence-electron chi connectivity index (χ4n) is 3.57. The van der Waals surface area contributed by atoms with Crippen LogP contribution in [0.2, 0.25) is 0 Å². The number of methoxy groups -OCH3 is 4. The third-order valence-corrected chi connectivity index (χ3v) is 4.89. The summed E-state index contributed by atoms with van der Waals surface area (Å²) < 4.78 is 18.7. The SMILES string of the molecule is COC(=O)/C=C(\C(=O)OC)C1(/C(=C/C(=O)OC)C(=O)OC)C(=O)c2ccccc2N1C(C)=O. The van der Waals surface area contributed by atoms with Gasteiger partial charge < -0.3 is 18.9 Å². The molecule has 1 heterocycles. The van der Waals surface area contributed by atoms with Crippen LogP contribution in [-0.2, 0) is 42.9 Å². The van der Waals surface area contributed by atoms with E-state index in [2.05, 4.69) is 9.47 Å². The predicted molar refractivity (Wildman–Crippen MR) is 111 cm³/mol. The maximum atomic E-state index is 13.9. The molecule has 0 fully saturated rings. The molecule has 0 bridgehead atoms. The highest BCUT2D eigenvalue weighted by Gasteiger charge is 2.62. The van der Waals surface area contributed by atoms with Crippen LogP contribution >= 0.6 is 0 Å². The summed E-state index contributed by atoms with van der Waals surface area (Å²) in [6, 6.07) is 5.77. The Labute approximate surface area is 188 Å². The summed E-state index contributed by atoms with van der Waals surface area (Å²) in [6.07, 6.45) is 1.22. The lowest BCUT2D eigenvalue weighted by atomic mass is 9.76. The number of Topliss-reactive ketones (excluding diaryl/α,β-unsaturated/α-hetero) is 1. The fourth-order valence-corrected chi connectivity index (χ4v) is 3.57. The number of amides is 1. The number of ketones is 1. The third kappa shape index (κ3) is 4.12. The Morgan fingerprint density at radius 1 is 0.788 bits per heavy atom. The van der Waals surface area contributed by atoms with Crippen LogP contribution in [0, 0.1) is 0 Å². The van der Waals surface area contributed by atoms with Gasteiger partial charge in [0, 0.05) is 24.6 Å². The van der Waals surface area contributed by atoms with Gasteiger partial charge in [-0.25, -0.2) is 19.2 Å². The van der Waals surface area contributed by atoms with Crippen molar-refractivity contribution in [3.63, 3.8) is 0 Å². The number of hydrogen-bond acceptors (Lipinski definition) is 10. The number of ether oxygens (including phenoxy) is 4. The first-order valence-corrected chi connectivity index (χ1v) is 9.33. The molecule has 1 aliphatic rings. The topological polar surface area (TPSA) is 143 Å². The number of benzene rings is 1. The predicted octanol–water partition coefficient (Wildman–Crippen LogP) is 0.519. The molecule has 33 heavy (non-hydrogen) atoms. The van der Waals surface area contributed by atoms with Crippen LogP contribution in [0.3, 0.4) is 0 Å². The molecular weight excluding hydrogens is 438 g/mol. The molecule has 1 aromatic rings. The van der Waals surface area contributed by atoms with Gasteiger partial charge in [-0.3, -0.25) is 14.5 Å². The number of hydrogen-bond donors (Lipinski definition) is 0. The van der Waals surface area contributed by atoms with Crippen LogP contribution < -0.4 is 4.90 Å². The lowest BCUT2D eigenvalue weighted by molar-refractivity contribution is -0.140. The molecule has 1 amide bonds. The van der Waals surface area contributed by atoms with Crippen LogP contribution in [-0.4, -0.2) is 69.5 Å². The van der Waals surface area contributed by atoms with Crippen molar-refractivity contribution in [1.29, 1.82) is 0 Å². The second-order valence-electron chi connectivity index (χ2n) is 6.56. The smallest absolute Gasteiger partial charge is 0.337 e. The first kappa shape index (κ1) is 25.0. The van der Waals surface area contributed by atoms with E-state index in [4.69, 9.17) is 9.47 Å². The Bertz CT molecular complexity index is 1050. The molecule has 1 aromatic carbocycles. The highest BCUT2D eigenvalue weighted by atomic mass is 16.5. The van der Waals surface area contributed by atoms with Crippen molar-refractivity contribution >= 4 is 41.3 Å². The van der Waals surface area contributed by atoms with Gasteiger partial charge in [-0.2, -0.15) is 0 Å². The van der Waals surface area contributed by atoms with Crippen molar-refractivity contribution in [3.05, 3.63) is 53.1 Å². The third-order valence-electron chi connectivity index (χ3n) is 4.89. The highest BCUT2D eigenvalue weighted by Crippen LogP contribution is 2.48. The van der Waals surface area contributed by atoms with Gasteiger partial charge in [-0.1, -0.05) is 12.1 Å². The Morgan fingerprint density at radius 3 is 1.64 bits per heavy atom. The van der Waals surface area contributed by atoms with E-state index in [9.17, 15) is 28.8 Å². The number of para-hydroxylation sites is 1. The van der Waals surface area contributed by atoms with E-state index in [1.165, 1.54) is 24.3 Å². The van der Waals surface area contributed by atoms with Crippen molar-refractivity contribution in [2.45, 2.75) is 12.5 Å². The molecule has 0 unspecified atom stereocenters. The van der Waals surface area contributed by atoms with Crippen LogP contribution in [0.1, 0.15) is 17.3 Å². The number of fused-ring (bicyclic) bond motifs is 1. The molecule has 2 rings (SSSR count). The van der Waals surface area contributed by atoms with Crippen LogP contribution in [0.25, 0.3) is 0 Å². The maximum Gasteiger partial charge on any atom is 0.337 e. The monoisotopic (exact) mass is 459 g/mol. The zero-order valence-electron chi connectivity index (χ0n) is 18.5. The zero-order valence-corrected chi connectivity index (χ0v) is 18.5. The molecule has 0 atom stereocenters. The lowest BCUT2D eigenvalue weighted by Crippen LogP contribution is -2.59. The van der Waals surface area contributed by atoms with E-state index in [0.717, 1.165) is 40.3 Å². The van der Waals surface area contributed by atoms with Crippen molar-refractivity contribution in [3.8, 4) is 0 Å². The van der Waals surface area contributed by atoms with E-state index in [1.54, 1.807) is 0 Å². The minimum atomic E-state index is -2.64. The van der Waals surface area contributed by atoms with Crippen molar-refractivity contribution < 1.29 is 47.7 Å². The van der Waals surface area contributed by atoms with Crippen LogP contribution in [0.5, 0.6) is 0 Å². The van der Waals surface area contributed by atoms with E-state index >= 15 is 0 Å². The Kier molecular flexibility index (Phi) is 7.49. The standard InChI is InChI=1S/C22H21NO10/c1-12(24)23-16-9-7-6-8-13(16)19(27)22(23,14(20(28)32-4)10-17(25)30-2)15(21(29)33-5)11-18(26)31-3/h6-11H,1-5H3/b14-10+,15-11+. The first-order valence-electron chi connectivity index (χ1n) is 9.33. The van der Waals surface area contributed by atoms with Gasteiger partial charge in [-0.15, -0.1) is 0 Å². The molecule has 0 saturated heterocycles. The molecule has 0 radical (unpaired) electrons. The van der Waals surface area contributed by atoms with Gasteiger partial charge in [0.1, 0.15) is 0 Å². The summed E-state index contributed by atoms with van der Waals surface area (Å²) >= 11 is 0. The fraction of sp³-hybridized carbons (Fsp3) is 0.273. The average Bonchev–Trinajstić information content (AvgIpc) is 3.08. The number of rotatable bonds is 6. The quantitative estimate of drug-likeness (QED) is 0.336. The maximum absolute atomic E-state index is 13.9. The normalized spacial score (nSPS) is 17.7. The Hall–Kier alpha value is -4.28. The summed E-state index contributed by atoms with van der Waals surface area (Å²) in [5.74, 6) is -6.43. The van der Waals surface area contributed by atoms with E-state index in [0.29, 0.717) is 12.2 Å². The van der Waals surface area contributed by atoms with Gasteiger partial charge in [0.15, 0.2) is 5.54 Å². The van der Waals surface area contributed by atoms with Crippen molar-refractivity contribution in [1.82, 2.24) is 0 Å². The first-order chi connectivity index (χ1) is 15.6. The molecule has 0 aliphatic carbocycles. The lowest BCUT2D eigenvalue weighted by Gasteiger charge is -2.38. The van der Waals surface area contributed by atoms with Crippen molar-refractivity contribution in [2.24, 2.45) is 0 Å². The Morgan fingerprint density at radius 2 is 1.24 bits per heavy atom. The van der Waals surface area contributed by atoms with E-state index < -0.39 is 52.3 Å². The molecule has 1 aliphatic heterocycles. The Balaban J connectivity index is 3.17. The van der Waals surface area contributed by atoms with Gasteiger partial charge >= 0.3 is 23.9 Å². The second kappa shape index (κ2) is 9.90. The van der Waals surface area contributed by atoms with Gasteiger partial charge in [0.05, 0.1) is 45.3 Å². The number of nitrogens with zero attached hydrogens (tertiary/aromatic N) is 1. The number of esters is 4. The van der Waals surface area contributed by atoms with E-state index in [1.807, 2.05) is 0 Å². The van der Waals surface area contributed by atoms with Gasteiger partial charge in [0.25, 0.3) is 0 Å². The minimum absolute atomic E-state index is 0.0225. The van der Waals surface area contributed by atoms with Crippen LogP contribution in [0.15, 0.2) is 47.6 Å². The largest absolute Gasteiger partial charge is 0.466 e. The van der Waals surface area contributed by atoms with E-state index in [-0.39, 0.29) is 11.3 Å². The number of carbonyl (C=O) groups excluding carboxylic acids is 6. The number of anilines is 1. The summed E-state index contributed by atoms with van der Waals surface area (Å²) in [5.41, 5.74) is -4.19.